The fourth-order valence-electron chi connectivity index (χ4n) is 15.2. The van der Waals surface area contributed by atoms with Crippen molar-refractivity contribution in [3.8, 4) is 80.1 Å². The number of amides is 7. The van der Waals surface area contributed by atoms with E-state index < -0.39 is 271 Å². The summed E-state index contributed by atoms with van der Waals surface area (Å²) in [6.45, 7) is 3.26. The summed E-state index contributed by atoms with van der Waals surface area (Å²) in [6.07, 6.45) is -16.3. The maximum atomic E-state index is 16.7. The molecule has 8 heterocycles. The Hall–Kier alpha value is -11.9. The Labute approximate surface area is 703 Å². The van der Waals surface area contributed by atoms with Gasteiger partial charge in [0, 0.05) is 47.2 Å². The van der Waals surface area contributed by atoms with Crippen LogP contribution in [0.1, 0.15) is 140 Å². The van der Waals surface area contributed by atoms with Gasteiger partial charge in [-0.3, -0.25) is 33.6 Å². The molecule has 7 aromatic carbocycles. The number of phenols is 4. The van der Waals surface area contributed by atoms with E-state index >= 15 is 24.0 Å². The fourth-order valence-corrected chi connectivity index (χ4v) is 15.6. The second kappa shape index (κ2) is 37.2. The number of rotatable bonds is 18. The summed E-state index contributed by atoms with van der Waals surface area (Å²) in [7, 11) is 1.42. The number of carbonyl (C=O) groups excluding carboxylic acids is 7. The minimum atomic E-state index is -2.47. The van der Waals surface area contributed by atoms with Gasteiger partial charge in [-0.15, -0.1) is 0 Å². The van der Waals surface area contributed by atoms with Crippen LogP contribution in [0.25, 0.3) is 11.1 Å². The summed E-state index contributed by atoms with van der Waals surface area (Å²) in [6, 6.07) is 4.41. The first-order valence-corrected chi connectivity index (χ1v) is 39.7. The van der Waals surface area contributed by atoms with Crippen LogP contribution in [-0.4, -0.2) is 207 Å². The molecule has 122 heavy (non-hydrogen) atoms. The third-order valence-electron chi connectivity index (χ3n) is 21.6. The molecule has 7 aromatic rings. The Kier molecular flexibility index (Phi) is 26.8. The van der Waals surface area contributed by atoms with E-state index in [1.54, 1.807) is 0 Å². The van der Waals surface area contributed by atoms with E-state index in [1.165, 1.54) is 49.5 Å². The largest absolute Gasteiger partial charge is 0.508 e. The van der Waals surface area contributed by atoms with E-state index in [-0.39, 0.29) is 40.4 Å². The summed E-state index contributed by atoms with van der Waals surface area (Å²) in [5.74, 6) is -19.0. The van der Waals surface area contributed by atoms with Crippen LogP contribution in [0, 0.1) is 5.92 Å². The van der Waals surface area contributed by atoms with Gasteiger partial charge < -0.3 is 142 Å². The normalized spacial score (nSPS) is 26.5. The molecule has 2 saturated heterocycles. The van der Waals surface area contributed by atoms with Crippen molar-refractivity contribution in [3.05, 3.63) is 164 Å². The van der Waals surface area contributed by atoms with Crippen LogP contribution in [0.15, 0.2) is 115 Å². The zero-order valence-electron chi connectivity index (χ0n) is 65.1. The molecule has 7 amide bonds. The highest BCUT2D eigenvalue weighted by molar-refractivity contribution is 6.33. The van der Waals surface area contributed by atoms with Crippen LogP contribution < -0.4 is 66.2 Å². The Balaban J connectivity index is 1.04. The average molecular weight is 1730 g/mol. The predicted molar refractivity (Wildman–Crippen MR) is 424 cm³/mol. The van der Waals surface area contributed by atoms with Crippen molar-refractivity contribution in [2.45, 2.75) is 181 Å². The second-order valence-corrected chi connectivity index (χ2v) is 31.4. The van der Waals surface area contributed by atoms with E-state index in [0.717, 1.165) is 105 Å². The molecule has 39 heteroatoms. The quantitative estimate of drug-likeness (QED) is 0.0536. The van der Waals surface area contributed by atoms with Crippen molar-refractivity contribution in [2.75, 3.05) is 13.7 Å². The molecule has 21 N–H and O–H groups in total. The highest BCUT2D eigenvalue weighted by Crippen LogP contribution is 2.50. The molecule has 2 fully saturated rings. The number of unbranched alkanes of at least 4 members (excludes halogenated alkanes) is 5. The van der Waals surface area contributed by atoms with Crippen LogP contribution in [0.3, 0.4) is 0 Å². The number of benzene rings is 7. The van der Waals surface area contributed by atoms with Crippen molar-refractivity contribution in [2.24, 2.45) is 5.92 Å². The monoisotopic (exact) mass is 1730 g/mol. The van der Waals surface area contributed by atoms with Gasteiger partial charge in [0.05, 0.1) is 16.7 Å². The first kappa shape index (κ1) is 88.0. The van der Waals surface area contributed by atoms with Gasteiger partial charge in [-0.05, 0) is 120 Å². The first-order valence-electron chi connectivity index (χ1n) is 38.9. The zero-order valence-corrected chi connectivity index (χ0v) is 66.6. The molecule has 8 aliphatic rings. The number of carboxylic acid groups (broad SMARTS) is 2. The molecule has 37 nitrogen and oxygen atoms in total. The van der Waals surface area contributed by atoms with E-state index in [9.17, 15) is 85.6 Å². The maximum absolute atomic E-state index is 16.7. The molecule has 17 bridgehead atoms. The SMILES string of the molecule is CN[C@@H]1C(=O)N[C@@H]2Cc3ccc(cc3)Oc3cc4cc(c3O[C@@H]3O[C@H](C(=O)O)[C@@H](O)[C@H](O)[C@H]3NC(=O)CCCCCCCCC(C)C)Oc3ccc(cc3Cl)[C@@H](O)[C@@H]3NC(=O)[C@H](NC(=O)[C@@H]4NC(=O)[C@@H](NC2=O)c2cc(cc(O)c2Cl)Oc2cc1ccc2O)c1ccc(O)c(c1)-c1c(O[C@H]2O[C@H](CO)[C@@H](O)[C@H](O)[C@@H]2O)cc(O)cc1[C@@H](C(=O)O)NC3=O. The standard InChI is InChI=1S/C83H88Cl2N8O29/c1-33(2)10-8-6-4-5-7-9-11-56(99)88-65-68(102)70(104)73(81(114)115)122-82(65)121-72-53-26-38-27-54(72)118-50-21-16-37(24-45(50)84)66(100)64-79(111)92-63(80(112)113)43-28-39(95)29-52(119-83-71(105)69(103)67(101)55(32-94)120-83)57(43)42-23-35(14-19-47(42)96)60(76(108)93-64)89-77(109)61(38)90-78(110)62-44-30-41(31-49(98)58(44)85)117-51-25-36(15-20-48(51)97)59(86-3)75(107)87-46(74(106)91-62)22-34-12-17-40(116-53)18-13-34/h12-21,23-31,33,46,55,59-71,73,82-83,86,94-98,100-105H,4-11,22,32H2,1-3H3,(H,87,107)(H,88,99)(H,89,109)(H,90,110)(H,91,106)(H,92,111)(H,93,108)(H,112,113)(H,114,115)/t46-,55-,59+,60-,61-,62+,63+,64+,65-,66-,67-,68-,69+,70+,71+,73+,82-,83+/m1/s1. The number of carbonyl (C=O) groups is 9. The molecular weight excluding hydrogens is 1640 g/mol. The van der Waals surface area contributed by atoms with Crippen LogP contribution in [-0.2, 0) is 59.0 Å². The van der Waals surface area contributed by atoms with Crippen LogP contribution >= 0.6 is 23.2 Å². The lowest BCUT2D eigenvalue weighted by molar-refractivity contribution is -0.277. The summed E-state index contributed by atoms with van der Waals surface area (Å²) < 4.78 is 44.0. The molecule has 648 valence electrons. The smallest absolute Gasteiger partial charge is 0.335 e. The highest BCUT2D eigenvalue weighted by Gasteiger charge is 2.52. The Morgan fingerprint density at radius 3 is 1.86 bits per heavy atom. The number of phenolic OH excluding ortho intramolecular Hbond substituents is 4. The Morgan fingerprint density at radius 1 is 0.533 bits per heavy atom. The van der Waals surface area contributed by atoms with Gasteiger partial charge in [0.1, 0.15) is 125 Å². The summed E-state index contributed by atoms with van der Waals surface area (Å²) in [5, 5.41) is 167. The number of halogens is 2. The highest BCUT2D eigenvalue weighted by atomic mass is 35.5. The lowest BCUT2D eigenvalue weighted by Gasteiger charge is -2.41. The third-order valence-corrected chi connectivity index (χ3v) is 22.3. The number of aliphatic hydroxyl groups excluding tert-OH is 7. The first-order chi connectivity index (χ1) is 58.2. The van der Waals surface area contributed by atoms with Crippen LogP contribution in [0.2, 0.25) is 10.0 Å². The van der Waals surface area contributed by atoms with Gasteiger partial charge >= 0.3 is 11.9 Å². The zero-order chi connectivity index (χ0) is 87.6. The molecular formula is C83H88Cl2N8O29. The second-order valence-electron chi connectivity index (χ2n) is 30.6. The molecule has 18 atom stereocenters. The summed E-state index contributed by atoms with van der Waals surface area (Å²) >= 11 is 14.2. The van der Waals surface area contributed by atoms with Crippen LogP contribution in [0.5, 0.6) is 69.0 Å². The van der Waals surface area contributed by atoms with Crippen molar-refractivity contribution in [1.29, 1.82) is 0 Å². The number of nitrogens with one attached hydrogen (secondary N) is 8. The van der Waals surface area contributed by atoms with E-state index in [0.29, 0.717) is 18.8 Å². The van der Waals surface area contributed by atoms with Crippen molar-refractivity contribution in [3.63, 3.8) is 0 Å². The summed E-state index contributed by atoms with van der Waals surface area (Å²) in [4.78, 5) is 136. The molecule has 15 rings (SSSR count). The fraction of sp³-hybridized carbons (Fsp3) is 0.386. The number of ether oxygens (including phenoxy) is 7. The van der Waals surface area contributed by atoms with Crippen molar-refractivity contribution < 1.29 is 143 Å². The molecule has 8 aliphatic heterocycles. The molecule has 0 spiro atoms. The summed E-state index contributed by atoms with van der Waals surface area (Å²) in [5.41, 5.74) is -3.29. The van der Waals surface area contributed by atoms with Gasteiger partial charge in [0.2, 0.25) is 59.7 Å². The average Bonchev–Trinajstić information content (AvgIpc) is 0.760. The molecule has 0 aliphatic carbocycles. The molecule has 0 unspecified atom stereocenters. The topological polar surface area (TPSA) is 577 Å². The van der Waals surface area contributed by atoms with Crippen LogP contribution in [0.4, 0.5) is 0 Å². The number of hydrogen-bond acceptors (Lipinski definition) is 28. The molecule has 0 aromatic heterocycles. The number of aromatic hydroxyl groups is 4. The number of aliphatic hydroxyl groups is 7. The molecule has 0 radical (unpaired) electrons. The van der Waals surface area contributed by atoms with E-state index in [4.69, 9.17) is 56.4 Å². The van der Waals surface area contributed by atoms with E-state index in [1.807, 2.05) is 0 Å². The minimum Gasteiger partial charge on any atom is -0.508 e. The number of carboxylic acids is 2. The van der Waals surface area contributed by atoms with E-state index in [2.05, 4.69) is 56.4 Å². The third kappa shape index (κ3) is 18.9. The number of likely N-dealkylation sites (N-methyl/N-ethyl adjacent to an activating group) is 1. The Bertz CT molecular complexity index is 5200. The van der Waals surface area contributed by atoms with Gasteiger partial charge in [-0.1, -0.05) is 106 Å². The van der Waals surface area contributed by atoms with Gasteiger partial charge in [0.25, 0.3) is 0 Å². The van der Waals surface area contributed by atoms with Crippen molar-refractivity contribution in [1.82, 2.24) is 42.5 Å². The van der Waals surface area contributed by atoms with Gasteiger partial charge in [0.15, 0.2) is 35.1 Å². The number of fused-ring (bicyclic) bond motifs is 14. The number of aliphatic carboxylic acids is 2. The van der Waals surface area contributed by atoms with Gasteiger partial charge in [-0.25, -0.2) is 9.59 Å². The Morgan fingerprint density at radius 2 is 1.17 bits per heavy atom. The predicted octanol–water partition coefficient (Wildman–Crippen LogP) is 4.18. The maximum Gasteiger partial charge on any atom is 0.335 e. The lowest BCUT2D eigenvalue weighted by atomic mass is 9.89. The number of hydrogen-bond donors (Lipinski definition) is 21. The minimum absolute atomic E-state index is 0.153. The molecule has 0 saturated carbocycles. The lowest BCUT2D eigenvalue weighted by Crippen LogP contribution is -2.66. The van der Waals surface area contributed by atoms with Crippen molar-refractivity contribution >= 4 is 76.5 Å². The van der Waals surface area contributed by atoms with Gasteiger partial charge in [-0.2, -0.15) is 0 Å².